The summed E-state index contributed by atoms with van der Waals surface area (Å²) in [6.07, 6.45) is 0. The Morgan fingerprint density at radius 2 is 2.10 bits per heavy atom. The van der Waals surface area contributed by atoms with E-state index in [1.165, 1.54) is 6.07 Å². The van der Waals surface area contributed by atoms with Gasteiger partial charge in [0.1, 0.15) is 16.3 Å². The number of aromatic nitrogens is 2. The van der Waals surface area contributed by atoms with Crippen molar-refractivity contribution >= 4 is 38.6 Å². The highest BCUT2D eigenvalue weighted by molar-refractivity contribution is 7.93. The first-order chi connectivity index (χ1) is 9.97. The van der Waals surface area contributed by atoms with E-state index in [2.05, 4.69) is 23.6 Å². The summed E-state index contributed by atoms with van der Waals surface area (Å²) < 4.78 is 35.5. The van der Waals surface area contributed by atoms with Gasteiger partial charge in [-0.25, -0.2) is 8.42 Å². The zero-order chi connectivity index (χ0) is 15.0. The molecule has 1 aliphatic heterocycles. The average molecular weight is 323 g/mol. The van der Waals surface area contributed by atoms with Crippen molar-refractivity contribution in [3.8, 4) is 0 Å². The Balaban J connectivity index is 1.95. The van der Waals surface area contributed by atoms with Crippen LogP contribution in [-0.2, 0) is 21.4 Å². The summed E-state index contributed by atoms with van der Waals surface area (Å²) in [4.78, 5) is 0.0999. The molecule has 110 valence electrons. The standard InChI is InChI=1S/C12H13N5O2S2/c1-7(2)9-6-11(14-13-9)17-21(18,19)10-5-3-4-8-12(10)16-20-15-8/h3-7H,1-2H3,(H2,13,14,17). The van der Waals surface area contributed by atoms with Gasteiger partial charge in [0.2, 0.25) is 0 Å². The molecule has 1 aromatic heterocycles. The van der Waals surface area contributed by atoms with Crippen molar-refractivity contribution in [3.63, 3.8) is 0 Å². The maximum absolute atomic E-state index is 12.5. The van der Waals surface area contributed by atoms with Crippen LogP contribution in [-0.4, -0.2) is 18.6 Å². The summed E-state index contributed by atoms with van der Waals surface area (Å²) >= 11 is 0.983. The highest BCUT2D eigenvalue weighted by Gasteiger charge is 2.23. The van der Waals surface area contributed by atoms with Crippen molar-refractivity contribution in [2.45, 2.75) is 24.7 Å². The second-order valence-electron chi connectivity index (χ2n) is 4.86. The minimum atomic E-state index is -3.75. The minimum absolute atomic E-state index is 0.0999. The van der Waals surface area contributed by atoms with E-state index in [0.717, 1.165) is 17.0 Å². The summed E-state index contributed by atoms with van der Waals surface area (Å²) in [5.74, 6) is 0.501. The topological polar surface area (TPSA) is 99.6 Å². The van der Waals surface area contributed by atoms with Crippen molar-refractivity contribution in [2.24, 2.45) is 8.73 Å². The molecule has 0 aliphatic carbocycles. The zero-order valence-electron chi connectivity index (χ0n) is 11.4. The number of nitrogens with one attached hydrogen (secondary N) is 2. The largest absolute Gasteiger partial charge is 0.280 e. The molecule has 3 rings (SSSR count). The van der Waals surface area contributed by atoms with Crippen LogP contribution in [0.3, 0.4) is 0 Å². The van der Waals surface area contributed by atoms with Crippen molar-refractivity contribution in [3.05, 3.63) is 30.0 Å². The monoisotopic (exact) mass is 323 g/mol. The van der Waals surface area contributed by atoms with Gasteiger partial charge in [0.05, 0.1) is 11.4 Å². The number of hydrogen-bond donors (Lipinski definition) is 2. The Labute approximate surface area is 125 Å². The first-order valence-corrected chi connectivity index (χ1v) is 8.48. The molecule has 0 saturated carbocycles. The molecule has 7 nitrogen and oxygen atoms in total. The van der Waals surface area contributed by atoms with Crippen LogP contribution >= 0.6 is 0 Å². The molecule has 2 heterocycles. The van der Waals surface area contributed by atoms with Crippen LogP contribution < -0.4 is 4.72 Å². The number of anilines is 1. The number of benzene rings is 1. The van der Waals surface area contributed by atoms with Crippen LogP contribution in [0.1, 0.15) is 25.5 Å². The average Bonchev–Trinajstić information content (AvgIpc) is 3.05. The lowest BCUT2D eigenvalue weighted by atomic mass is 10.1. The van der Waals surface area contributed by atoms with Gasteiger partial charge in [-0.3, -0.25) is 9.82 Å². The zero-order valence-corrected chi connectivity index (χ0v) is 13.0. The van der Waals surface area contributed by atoms with Gasteiger partial charge in [-0.15, -0.1) is 0 Å². The molecule has 2 N–H and O–H groups in total. The highest BCUT2D eigenvalue weighted by Crippen LogP contribution is 2.37. The van der Waals surface area contributed by atoms with Crippen molar-refractivity contribution in [1.29, 1.82) is 0 Å². The first kappa shape index (κ1) is 14.0. The fourth-order valence-electron chi connectivity index (χ4n) is 1.88. The maximum atomic E-state index is 12.5. The molecule has 0 radical (unpaired) electrons. The van der Waals surface area contributed by atoms with Crippen LogP contribution in [0.5, 0.6) is 0 Å². The predicted octanol–water partition coefficient (Wildman–Crippen LogP) is 3.06. The predicted molar refractivity (Wildman–Crippen MR) is 81.5 cm³/mol. The van der Waals surface area contributed by atoms with Crippen LogP contribution in [0.25, 0.3) is 0 Å². The van der Waals surface area contributed by atoms with Crippen LogP contribution in [0.2, 0.25) is 0 Å². The molecule has 0 spiro atoms. The Morgan fingerprint density at radius 3 is 2.81 bits per heavy atom. The number of nitrogens with zero attached hydrogens (tertiary/aromatic N) is 3. The summed E-state index contributed by atoms with van der Waals surface area (Å²) in [6, 6.07) is 6.55. The summed E-state index contributed by atoms with van der Waals surface area (Å²) in [5, 5.41) is 6.78. The molecule has 9 heteroatoms. The van der Waals surface area contributed by atoms with Gasteiger partial charge in [0.15, 0.2) is 5.82 Å². The molecule has 21 heavy (non-hydrogen) atoms. The van der Waals surface area contributed by atoms with Gasteiger partial charge in [-0.1, -0.05) is 19.9 Å². The molecule has 0 unspecified atom stereocenters. The molecule has 0 bridgehead atoms. The van der Waals surface area contributed by atoms with E-state index >= 15 is 0 Å². The van der Waals surface area contributed by atoms with Crippen LogP contribution in [0, 0.1) is 0 Å². The van der Waals surface area contributed by atoms with Gasteiger partial charge in [0.25, 0.3) is 10.0 Å². The van der Waals surface area contributed by atoms with Crippen molar-refractivity contribution < 1.29 is 8.42 Å². The number of hydrogen-bond acceptors (Lipinski definition) is 5. The maximum Gasteiger partial charge on any atom is 0.265 e. The second-order valence-corrected chi connectivity index (χ2v) is 7.04. The molecule has 2 aromatic rings. The molecular weight excluding hydrogens is 310 g/mol. The second kappa shape index (κ2) is 5.08. The normalized spacial score (nSPS) is 13.3. The number of fused-ring (bicyclic) bond motifs is 1. The molecule has 1 aromatic carbocycles. The SMILES string of the molecule is CC(C)c1cc(NS(=O)(=O)c2cccc3c2N=S=N3)n[nH]1. The molecule has 0 atom stereocenters. The van der Waals surface area contributed by atoms with Gasteiger partial charge in [-0.2, -0.15) is 13.8 Å². The highest BCUT2D eigenvalue weighted by atomic mass is 32.2. The van der Waals surface area contributed by atoms with Gasteiger partial charge in [0, 0.05) is 11.8 Å². The third-order valence-corrected chi connectivity index (χ3v) is 4.93. The van der Waals surface area contributed by atoms with E-state index in [-0.39, 0.29) is 16.6 Å². The van der Waals surface area contributed by atoms with Gasteiger partial charge < -0.3 is 0 Å². The molecular formula is C12H13N5O2S2. The summed E-state index contributed by atoms with van der Waals surface area (Å²) in [5.41, 5.74) is 1.80. The summed E-state index contributed by atoms with van der Waals surface area (Å²) in [6.45, 7) is 3.99. The third kappa shape index (κ3) is 2.61. The Hall–Kier alpha value is -2.00. The van der Waals surface area contributed by atoms with E-state index in [9.17, 15) is 8.42 Å². The van der Waals surface area contributed by atoms with E-state index in [0.29, 0.717) is 11.4 Å². The lowest BCUT2D eigenvalue weighted by Gasteiger charge is -2.07. The lowest BCUT2D eigenvalue weighted by molar-refractivity contribution is 0.601. The Bertz CT molecular complexity index is 864. The number of H-pyrrole nitrogens is 1. The summed E-state index contributed by atoms with van der Waals surface area (Å²) in [7, 11) is -3.75. The Morgan fingerprint density at radius 1 is 1.29 bits per heavy atom. The Kier molecular flexibility index (Phi) is 3.38. The van der Waals surface area contributed by atoms with Crippen LogP contribution in [0.15, 0.2) is 37.9 Å². The number of rotatable bonds is 4. The van der Waals surface area contributed by atoms with Gasteiger partial charge in [-0.05, 0) is 18.1 Å². The molecule has 1 aliphatic rings. The van der Waals surface area contributed by atoms with Gasteiger partial charge >= 0.3 is 0 Å². The minimum Gasteiger partial charge on any atom is -0.280 e. The third-order valence-electron chi connectivity index (χ3n) is 3.00. The number of aromatic amines is 1. The molecule has 0 amide bonds. The van der Waals surface area contributed by atoms with Crippen molar-refractivity contribution in [1.82, 2.24) is 10.2 Å². The van der Waals surface area contributed by atoms with E-state index in [1.54, 1.807) is 18.2 Å². The van der Waals surface area contributed by atoms with Crippen molar-refractivity contribution in [2.75, 3.05) is 4.72 Å². The fourth-order valence-corrected chi connectivity index (χ4v) is 3.64. The lowest BCUT2D eigenvalue weighted by Crippen LogP contribution is -2.13. The van der Waals surface area contributed by atoms with E-state index < -0.39 is 10.0 Å². The quantitative estimate of drug-likeness (QED) is 0.771. The molecule has 0 saturated heterocycles. The fraction of sp³-hybridized carbons (Fsp3) is 0.250. The molecule has 0 fully saturated rings. The first-order valence-electron chi connectivity index (χ1n) is 6.27. The van der Waals surface area contributed by atoms with E-state index in [1.807, 2.05) is 13.8 Å². The number of sulfonamides is 1. The van der Waals surface area contributed by atoms with E-state index in [4.69, 9.17) is 0 Å². The smallest absolute Gasteiger partial charge is 0.265 e. The van der Waals surface area contributed by atoms with Crippen LogP contribution in [0.4, 0.5) is 17.2 Å².